The molecule has 2 aromatic heterocycles. The number of hydrogen-bond donors (Lipinski definition) is 2. The van der Waals surface area contributed by atoms with Gasteiger partial charge in [-0.3, -0.25) is 0 Å². The minimum atomic E-state index is 0.149. The van der Waals surface area contributed by atoms with Crippen LogP contribution in [0.5, 0.6) is 0 Å². The Labute approximate surface area is 162 Å². The van der Waals surface area contributed by atoms with E-state index in [4.69, 9.17) is 23.2 Å². The van der Waals surface area contributed by atoms with E-state index in [1.807, 2.05) is 20.8 Å². The van der Waals surface area contributed by atoms with E-state index in [0.29, 0.717) is 34.3 Å². The number of nitrogens with one attached hydrogen (secondary N) is 2. The van der Waals surface area contributed by atoms with Gasteiger partial charge in [0.15, 0.2) is 5.82 Å². The summed E-state index contributed by atoms with van der Waals surface area (Å²) < 4.78 is 0. The van der Waals surface area contributed by atoms with Crippen molar-refractivity contribution in [3.05, 3.63) is 47.9 Å². The number of nitrogens with zero attached hydrogens (tertiary/aromatic N) is 5. The molecule has 9 heteroatoms. The van der Waals surface area contributed by atoms with Crippen molar-refractivity contribution in [3.8, 4) is 11.5 Å². The lowest BCUT2D eigenvalue weighted by Crippen LogP contribution is -2.15. The maximum absolute atomic E-state index is 5.97. The lowest BCUT2D eigenvalue weighted by Gasteiger charge is -2.12. The zero-order chi connectivity index (χ0) is 19.1. The van der Waals surface area contributed by atoms with Gasteiger partial charge in [-0.15, -0.1) is 0 Å². The maximum atomic E-state index is 5.97. The second-order valence-electron chi connectivity index (χ2n) is 5.54. The molecule has 0 saturated heterocycles. The van der Waals surface area contributed by atoms with Crippen LogP contribution in [0.25, 0.3) is 11.5 Å². The van der Waals surface area contributed by atoms with Crippen molar-refractivity contribution >= 4 is 40.3 Å². The van der Waals surface area contributed by atoms with Crippen molar-refractivity contribution in [1.29, 1.82) is 0 Å². The van der Waals surface area contributed by atoms with Gasteiger partial charge in [0.05, 0.1) is 0 Å². The molecule has 0 aromatic carbocycles. The van der Waals surface area contributed by atoms with Crippen LogP contribution < -0.4 is 10.6 Å². The van der Waals surface area contributed by atoms with Gasteiger partial charge in [0.25, 0.3) is 0 Å². The summed E-state index contributed by atoms with van der Waals surface area (Å²) in [6.07, 6.45) is 3.00. The molecule has 0 radical (unpaired) electrons. The molecule has 2 rings (SSSR count). The molecular weight excluding hydrogens is 373 g/mol. The first-order valence-electron chi connectivity index (χ1n) is 7.82. The van der Waals surface area contributed by atoms with E-state index in [1.54, 1.807) is 24.3 Å². The minimum Gasteiger partial charge on any atom is -0.352 e. The average Bonchev–Trinajstić information content (AvgIpc) is 2.53. The molecule has 0 saturated carbocycles. The number of hydrogen-bond acceptors (Lipinski definition) is 7. The number of allylic oxidation sites excluding steroid dienone is 2. The molecule has 0 bridgehead atoms. The van der Waals surface area contributed by atoms with Crippen LogP contribution in [-0.2, 0) is 0 Å². The van der Waals surface area contributed by atoms with Gasteiger partial charge in [-0.1, -0.05) is 35.8 Å². The van der Waals surface area contributed by atoms with Crippen LogP contribution in [0.1, 0.15) is 20.8 Å². The smallest absolute Gasteiger partial charge is 0.232 e. The van der Waals surface area contributed by atoms with E-state index in [9.17, 15) is 0 Å². The fourth-order valence-corrected chi connectivity index (χ4v) is 2.31. The first kappa shape index (κ1) is 19.8. The lowest BCUT2D eigenvalue weighted by atomic mass is 10.3. The second-order valence-corrected chi connectivity index (χ2v) is 6.31. The number of anilines is 2. The van der Waals surface area contributed by atoms with E-state index < -0.39 is 0 Å². The molecular formula is C17H19Cl2N7. The van der Waals surface area contributed by atoms with Crippen molar-refractivity contribution in [1.82, 2.24) is 19.9 Å². The topological polar surface area (TPSA) is 88.0 Å². The fourth-order valence-electron chi connectivity index (χ4n) is 1.92. The van der Waals surface area contributed by atoms with E-state index in [-0.39, 0.29) is 11.2 Å². The normalized spacial score (nSPS) is 12.2. The summed E-state index contributed by atoms with van der Waals surface area (Å²) in [5.74, 6) is 1.16. The van der Waals surface area contributed by atoms with Gasteiger partial charge in [0.1, 0.15) is 16.0 Å². The number of aromatic nitrogens is 4. The van der Waals surface area contributed by atoms with E-state index >= 15 is 0 Å². The quantitative estimate of drug-likeness (QED) is 0.533. The Morgan fingerprint density at radius 1 is 1.19 bits per heavy atom. The van der Waals surface area contributed by atoms with Gasteiger partial charge in [0.2, 0.25) is 11.9 Å². The van der Waals surface area contributed by atoms with E-state index in [1.165, 1.54) is 6.20 Å². The predicted molar refractivity (Wildman–Crippen MR) is 108 cm³/mol. The number of rotatable bonds is 7. The van der Waals surface area contributed by atoms with Gasteiger partial charge in [-0.25, -0.2) is 9.98 Å². The van der Waals surface area contributed by atoms with Crippen LogP contribution in [0.2, 0.25) is 5.15 Å². The number of pyridine rings is 1. The highest BCUT2D eigenvalue weighted by atomic mass is 35.5. The molecule has 2 heterocycles. The van der Waals surface area contributed by atoms with Gasteiger partial charge in [-0.05, 0) is 39.0 Å². The monoisotopic (exact) mass is 391 g/mol. The van der Waals surface area contributed by atoms with E-state index in [0.717, 1.165) is 0 Å². The molecule has 26 heavy (non-hydrogen) atoms. The molecule has 0 aliphatic rings. The van der Waals surface area contributed by atoms with Gasteiger partial charge < -0.3 is 10.6 Å². The standard InChI is InChI=1S/C17H19Cl2N7/c1-5-20-14(19)9-11(4)22-17-25-15(12-7-6-8-13(18)23-12)24-16(26-17)21-10(2)3/h5-10H,1H2,2-4H3,(H2,21,22,24,25,26)/b11-9+,20-14+. The Hall–Kier alpha value is -2.51. The highest BCUT2D eigenvalue weighted by Crippen LogP contribution is 2.19. The summed E-state index contributed by atoms with van der Waals surface area (Å²) in [5, 5.41) is 6.88. The van der Waals surface area contributed by atoms with Crippen LogP contribution in [-0.4, -0.2) is 31.1 Å². The van der Waals surface area contributed by atoms with Crippen molar-refractivity contribution in [3.63, 3.8) is 0 Å². The fraction of sp³-hybridized carbons (Fsp3) is 0.235. The summed E-state index contributed by atoms with van der Waals surface area (Å²) >= 11 is 11.9. The third-order valence-corrected chi connectivity index (χ3v) is 3.27. The SMILES string of the molecule is C=C/N=C(Cl)\C=C(/C)Nc1nc(NC(C)C)nc(-c2cccc(Cl)n2)n1. The average molecular weight is 392 g/mol. The third-order valence-electron chi connectivity index (χ3n) is 2.86. The first-order chi connectivity index (χ1) is 12.4. The largest absolute Gasteiger partial charge is 0.352 e. The second kappa shape index (κ2) is 9.26. The minimum absolute atomic E-state index is 0.149. The zero-order valence-corrected chi connectivity index (χ0v) is 16.2. The molecule has 7 nitrogen and oxygen atoms in total. The Morgan fingerprint density at radius 3 is 2.58 bits per heavy atom. The summed E-state index contributed by atoms with van der Waals surface area (Å²) in [5.41, 5.74) is 1.25. The summed E-state index contributed by atoms with van der Waals surface area (Å²) in [4.78, 5) is 21.3. The molecule has 0 aliphatic heterocycles. The van der Waals surface area contributed by atoms with Crippen LogP contribution in [0, 0.1) is 0 Å². The zero-order valence-electron chi connectivity index (χ0n) is 14.7. The van der Waals surface area contributed by atoms with Gasteiger partial charge >= 0.3 is 0 Å². The molecule has 2 N–H and O–H groups in total. The third kappa shape index (κ3) is 6.09. The molecule has 0 unspecified atom stereocenters. The van der Waals surface area contributed by atoms with E-state index in [2.05, 4.69) is 42.1 Å². The van der Waals surface area contributed by atoms with Crippen molar-refractivity contribution in [2.45, 2.75) is 26.8 Å². The molecule has 0 atom stereocenters. The lowest BCUT2D eigenvalue weighted by molar-refractivity contribution is 0.868. The van der Waals surface area contributed by atoms with Crippen molar-refractivity contribution < 1.29 is 0 Å². The van der Waals surface area contributed by atoms with Gasteiger partial charge in [-0.2, -0.15) is 15.0 Å². The molecule has 0 aliphatic carbocycles. The summed E-state index contributed by atoms with van der Waals surface area (Å²) in [7, 11) is 0. The number of halogens is 2. The molecule has 0 amide bonds. The Bertz CT molecular complexity index is 847. The molecule has 0 spiro atoms. The summed E-state index contributed by atoms with van der Waals surface area (Å²) in [6, 6.07) is 5.40. The van der Waals surface area contributed by atoms with Crippen LogP contribution >= 0.6 is 23.2 Å². The van der Waals surface area contributed by atoms with Crippen LogP contribution in [0.3, 0.4) is 0 Å². The van der Waals surface area contributed by atoms with Crippen molar-refractivity contribution in [2.75, 3.05) is 10.6 Å². The molecule has 0 fully saturated rings. The Morgan fingerprint density at radius 2 is 1.92 bits per heavy atom. The highest BCUT2D eigenvalue weighted by molar-refractivity contribution is 6.68. The molecule has 136 valence electrons. The summed E-state index contributed by atoms with van der Waals surface area (Å²) in [6.45, 7) is 9.30. The van der Waals surface area contributed by atoms with Crippen LogP contribution in [0.15, 0.2) is 47.7 Å². The van der Waals surface area contributed by atoms with Gasteiger partial charge in [0, 0.05) is 17.9 Å². The molecule has 2 aromatic rings. The van der Waals surface area contributed by atoms with Crippen molar-refractivity contribution in [2.24, 2.45) is 4.99 Å². The first-order valence-corrected chi connectivity index (χ1v) is 8.58. The Kier molecular flexibility index (Phi) is 7.06. The maximum Gasteiger partial charge on any atom is 0.232 e. The number of aliphatic imine (C=N–C) groups is 1. The predicted octanol–water partition coefficient (Wildman–Crippen LogP) is 4.50. The highest BCUT2D eigenvalue weighted by Gasteiger charge is 2.11. The van der Waals surface area contributed by atoms with Crippen LogP contribution in [0.4, 0.5) is 11.9 Å². The Balaban J connectivity index is 2.40.